The van der Waals surface area contributed by atoms with E-state index in [1.807, 2.05) is 24.3 Å². The van der Waals surface area contributed by atoms with Crippen molar-refractivity contribution in [2.75, 3.05) is 0 Å². The van der Waals surface area contributed by atoms with Gasteiger partial charge in [0.25, 0.3) is 14.3 Å². The summed E-state index contributed by atoms with van der Waals surface area (Å²) in [4.78, 5) is 12.4. The molecule has 25 heavy (non-hydrogen) atoms. The van der Waals surface area contributed by atoms with Gasteiger partial charge in [0.2, 0.25) is 8.32 Å². The molecule has 1 rings (SSSR count). The Labute approximate surface area is 156 Å². The van der Waals surface area contributed by atoms with Gasteiger partial charge in [-0.05, 0) is 54.0 Å². The molecule has 142 valence electrons. The Morgan fingerprint density at radius 1 is 0.920 bits per heavy atom. The summed E-state index contributed by atoms with van der Waals surface area (Å²) >= 11 is 0. The second-order valence-electron chi connectivity index (χ2n) is 9.92. The summed E-state index contributed by atoms with van der Waals surface area (Å²) in [7, 11) is -3.95. The number of carbonyl (C=O) groups excluding carboxylic acids is 1. The van der Waals surface area contributed by atoms with E-state index in [1.165, 1.54) is 0 Å². The topological polar surface area (TPSA) is 35.5 Å². The van der Waals surface area contributed by atoms with E-state index in [-0.39, 0.29) is 16.0 Å². The van der Waals surface area contributed by atoms with E-state index >= 15 is 0 Å². The van der Waals surface area contributed by atoms with Gasteiger partial charge in [0, 0.05) is 0 Å². The van der Waals surface area contributed by atoms with Crippen LogP contribution in [-0.2, 0) is 15.6 Å². The van der Waals surface area contributed by atoms with Crippen molar-refractivity contribution < 1.29 is 13.6 Å². The first-order chi connectivity index (χ1) is 11.1. The minimum absolute atomic E-state index is 0.0238. The Kier molecular flexibility index (Phi) is 6.39. The summed E-state index contributed by atoms with van der Waals surface area (Å²) in [6.45, 7) is 21.7. The van der Waals surface area contributed by atoms with Gasteiger partial charge in [-0.25, -0.2) is 0 Å². The van der Waals surface area contributed by atoms with Crippen molar-refractivity contribution in [2.45, 2.75) is 84.2 Å². The highest BCUT2D eigenvalue weighted by Gasteiger charge is 2.40. The molecule has 1 aromatic rings. The molecule has 0 saturated heterocycles. The van der Waals surface area contributed by atoms with Gasteiger partial charge >= 0.3 is 0 Å². The van der Waals surface area contributed by atoms with E-state index in [4.69, 9.17) is 8.85 Å². The Hall–Kier alpha value is -1.08. The molecule has 0 atom stereocenters. The maximum Gasteiger partial charge on any atom is 0.296 e. The zero-order valence-corrected chi connectivity index (χ0v) is 19.7. The molecule has 1 aromatic carbocycles. The van der Waals surface area contributed by atoms with E-state index < -0.39 is 16.6 Å². The maximum absolute atomic E-state index is 12.4. The molecular formula is C20H36O3Si2. The van der Waals surface area contributed by atoms with Crippen LogP contribution in [0.4, 0.5) is 0 Å². The standard InChI is InChI=1S/C20H36O3Si2/c1-19(2,3)24(7,8)22-17-13-11-12-16(14-17)15-18(21)23-25(9,10)20(4,5)6/h11-14H,15H2,1-10H3. The maximum atomic E-state index is 12.4. The van der Waals surface area contributed by atoms with E-state index in [1.54, 1.807) is 0 Å². The van der Waals surface area contributed by atoms with Crippen molar-refractivity contribution in [2.24, 2.45) is 0 Å². The van der Waals surface area contributed by atoms with E-state index in [9.17, 15) is 4.79 Å². The molecule has 0 aromatic heterocycles. The molecule has 5 heteroatoms. The molecule has 0 unspecified atom stereocenters. The van der Waals surface area contributed by atoms with Crippen LogP contribution in [0.1, 0.15) is 47.1 Å². The second kappa shape index (κ2) is 7.27. The second-order valence-corrected chi connectivity index (χ2v) is 19.4. The summed E-state index contributed by atoms with van der Waals surface area (Å²) in [6.07, 6.45) is 0.293. The molecular weight excluding hydrogens is 344 g/mol. The normalized spacial score (nSPS) is 13.5. The predicted molar refractivity (Wildman–Crippen MR) is 111 cm³/mol. The van der Waals surface area contributed by atoms with Crippen molar-refractivity contribution in [3.63, 3.8) is 0 Å². The molecule has 0 fully saturated rings. The van der Waals surface area contributed by atoms with Gasteiger partial charge in [0.1, 0.15) is 5.75 Å². The third kappa shape index (κ3) is 5.99. The Morgan fingerprint density at radius 3 is 1.92 bits per heavy atom. The van der Waals surface area contributed by atoms with Crippen LogP contribution < -0.4 is 4.43 Å². The largest absolute Gasteiger partial charge is 0.543 e. The van der Waals surface area contributed by atoms with Crippen LogP contribution in [0.2, 0.25) is 36.3 Å². The van der Waals surface area contributed by atoms with Crippen LogP contribution in [-0.4, -0.2) is 22.6 Å². The highest BCUT2D eigenvalue weighted by Crippen LogP contribution is 2.38. The fraction of sp³-hybridized carbons (Fsp3) is 0.650. The molecule has 0 aliphatic carbocycles. The fourth-order valence-electron chi connectivity index (χ4n) is 1.81. The average Bonchev–Trinajstić information content (AvgIpc) is 2.34. The first-order valence-electron chi connectivity index (χ1n) is 9.05. The van der Waals surface area contributed by atoms with E-state index in [2.05, 4.69) is 67.7 Å². The van der Waals surface area contributed by atoms with Crippen molar-refractivity contribution in [3.05, 3.63) is 29.8 Å². The third-order valence-corrected chi connectivity index (χ3v) is 14.3. The molecule has 0 heterocycles. The van der Waals surface area contributed by atoms with Gasteiger partial charge in [-0.15, -0.1) is 0 Å². The van der Waals surface area contributed by atoms with Crippen LogP contribution in [0.5, 0.6) is 5.75 Å². The molecule has 0 spiro atoms. The Morgan fingerprint density at radius 2 is 1.44 bits per heavy atom. The first-order valence-corrected chi connectivity index (χ1v) is 14.9. The van der Waals surface area contributed by atoms with Gasteiger partial charge in [-0.2, -0.15) is 0 Å². The molecule has 0 amide bonds. The zero-order chi connectivity index (χ0) is 19.7. The zero-order valence-electron chi connectivity index (χ0n) is 17.7. The Bertz CT molecular complexity index is 608. The van der Waals surface area contributed by atoms with Gasteiger partial charge in [-0.1, -0.05) is 53.7 Å². The summed E-state index contributed by atoms with van der Waals surface area (Å²) in [5, 5.41) is 0.167. The number of carbonyl (C=O) groups is 1. The summed E-state index contributed by atoms with van der Waals surface area (Å²) in [5.74, 6) is 0.709. The summed E-state index contributed by atoms with van der Waals surface area (Å²) in [5.41, 5.74) is 0.944. The molecule has 0 aliphatic rings. The lowest BCUT2D eigenvalue weighted by Crippen LogP contribution is -2.43. The molecule has 0 radical (unpaired) electrons. The lowest BCUT2D eigenvalue weighted by atomic mass is 10.1. The fourth-order valence-corrected chi connectivity index (χ4v) is 3.78. The third-order valence-electron chi connectivity index (χ3n) is 5.60. The van der Waals surface area contributed by atoms with Crippen LogP contribution in [0.3, 0.4) is 0 Å². The van der Waals surface area contributed by atoms with E-state index in [0.29, 0.717) is 6.42 Å². The summed E-state index contributed by atoms with van der Waals surface area (Å²) < 4.78 is 12.2. The van der Waals surface area contributed by atoms with E-state index in [0.717, 1.165) is 11.3 Å². The molecule has 0 aliphatic heterocycles. The predicted octanol–water partition coefficient (Wildman–Crippen LogP) is 6.16. The number of rotatable bonds is 5. The monoisotopic (exact) mass is 380 g/mol. The van der Waals surface area contributed by atoms with Gasteiger partial charge in [0.15, 0.2) is 0 Å². The summed E-state index contributed by atoms with van der Waals surface area (Å²) in [6, 6.07) is 7.87. The number of hydrogen-bond acceptors (Lipinski definition) is 3. The van der Waals surface area contributed by atoms with Crippen molar-refractivity contribution in [1.29, 1.82) is 0 Å². The smallest absolute Gasteiger partial charge is 0.296 e. The highest BCUT2D eigenvalue weighted by molar-refractivity contribution is 6.75. The molecule has 3 nitrogen and oxygen atoms in total. The minimum Gasteiger partial charge on any atom is -0.543 e. The lowest BCUT2D eigenvalue weighted by Gasteiger charge is -2.36. The first kappa shape index (κ1) is 22.0. The van der Waals surface area contributed by atoms with Gasteiger partial charge < -0.3 is 8.85 Å². The van der Waals surface area contributed by atoms with Crippen molar-refractivity contribution >= 4 is 22.6 Å². The molecule has 0 N–H and O–H groups in total. The average molecular weight is 381 g/mol. The highest BCUT2D eigenvalue weighted by atomic mass is 28.4. The Balaban J connectivity index is 2.84. The lowest BCUT2D eigenvalue weighted by molar-refractivity contribution is -0.134. The number of hydrogen-bond donors (Lipinski definition) is 0. The quantitative estimate of drug-likeness (QED) is 0.574. The van der Waals surface area contributed by atoms with Crippen LogP contribution >= 0.6 is 0 Å². The van der Waals surface area contributed by atoms with Crippen LogP contribution in [0, 0.1) is 0 Å². The van der Waals surface area contributed by atoms with Gasteiger partial charge in [-0.3, -0.25) is 4.79 Å². The molecule has 0 saturated carbocycles. The SMILES string of the molecule is CC(C)(C)[Si](C)(C)OC(=O)Cc1cccc(O[Si](C)(C)C(C)(C)C)c1. The van der Waals surface area contributed by atoms with Crippen LogP contribution in [0.15, 0.2) is 24.3 Å². The van der Waals surface area contributed by atoms with Crippen molar-refractivity contribution in [1.82, 2.24) is 0 Å². The minimum atomic E-state index is -2.07. The molecule has 0 bridgehead atoms. The number of benzene rings is 1. The van der Waals surface area contributed by atoms with Crippen molar-refractivity contribution in [3.8, 4) is 5.75 Å². The van der Waals surface area contributed by atoms with Crippen LogP contribution in [0.25, 0.3) is 0 Å². The van der Waals surface area contributed by atoms with Gasteiger partial charge in [0.05, 0.1) is 6.42 Å².